The van der Waals surface area contributed by atoms with E-state index in [-0.39, 0.29) is 5.91 Å². The summed E-state index contributed by atoms with van der Waals surface area (Å²) >= 11 is 5.86. The van der Waals surface area contributed by atoms with Crippen LogP contribution in [0.4, 0.5) is 5.82 Å². The maximum Gasteiger partial charge on any atom is 0.271 e. The third-order valence-electron chi connectivity index (χ3n) is 4.32. The summed E-state index contributed by atoms with van der Waals surface area (Å²) in [5.41, 5.74) is 1.47. The number of nitrogens with one attached hydrogen (secondary N) is 1. The van der Waals surface area contributed by atoms with E-state index in [1.165, 1.54) is 0 Å². The van der Waals surface area contributed by atoms with Gasteiger partial charge in [0.15, 0.2) is 11.5 Å². The number of hydrogen-bond donors (Lipinski definition) is 1. The van der Waals surface area contributed by atoms with E-state index < -0.39 is 0 Å². The zero-order chi connectivity index (χ0) is 17.6. The lowest BCUT2D eigenvalue weighted by atomic mass is 10.1. The quantitative estimate of drug-likeness (QED) is 0.882. The van der Waals surface area contributed by atoms with E-state index in [1.54, 1.807) is 6.07 Å². The summed E-state index contributed by atoms with van der Waals surface area (Å²) in [5, 5.41) is 11.9. The second-order valence-electron chi connectivity index (χ2n) is 6.20. The molecule has 7 heteroatoms. The molecular weight excluding hydrogens is 338 g/mol. The molecule has 0 saturated carbocycles. The largest absolute Gasteiger partial charge is 0.353 e. The van der Waals surface area contributed by atoms with Crippen molar-refractivity contribution >= 4 is 23.3 Å². The highest BCUT2D eigenvalue weighted by molar-refractivity contribution is 6.30. The summed E-state index contributed by atoms with van der Waals surface area (Å²) in [6.07, 6.45) is 0.746. The van der Waals surface area contributed by atoms with Gasteiger partial charge in [-0.2, -0.15) is 0 Å². The minimum atomic E-state index is -0.202. The van der Waals surface area contributed by atoms with Crippen molar-refractivity contribution in [1.29, 1.82) is 0 Å². The van der Waals surface area contributed by atoms with Crippen LogP contribution in [0.25, 0.3) is 0 Å². The van der Waals surface area contributed by atoms with Gasteiger partial charge in [-0.3, -0.25) is 4.79 Å². The van der Waals surface area contributed by atoms with E-state index in [0.29, 0.717) is 17.3 Å². The molecule has 0 aliphatic carbocycles. The van der Waals surface area contributed by atoms with Crippen LogP contribution in [0.2, 0.25) is 5.02 Å². The number of halogens is 1. The molecule has 0 bridgehead atoms. The molecule has 1 fully saturated rings. The summed E-state index contributed by atoms with van der Waals surface area (Å²) in [5.74, 6) is 0.622. The number of piperazine rings is 1. The van der Waals surface area contributed by atoms with Gasteiger partial charge in [0.1, 0.15) is 0 Å². The number of rotatable bonds is 5. The molecule has 6 nitrogen and oxygen atoms in total. The molecule has 0 atom stereocenters. The van der Waals surface area contributed by atoms with Gasteiger partial charge in [-0.25, -0.2) is 0 Å². The van der Waals surface area contributed by atoms with Crippen LogP contribution >= 0.6 is 11.6 Å². The number of anilines is 1. The number of carbonyl (C=O) groups is 1. The zero-order valence-electron chi connectivity index (χ0n) is 14.3. The van der Waals surface area contributed by atoms with Gasteiger partial charge in [0, 0.05) is 37.7 Å². The van der Waals surface area contributed by atoms with Crippen molar-refractivity contribution in [3.63, 3.8) is 0 Å². The van der Waals surface area contributed by atoms with Crippen molar-refractivity contribution in [1.82, 2.24) is 20.4 Å². The maximum atomic E-state index is 12.2. The highest BCUT2D eigenvalue weighted by Crippen LogP contribution is 2.12. The highest BCUT2D eigenvalue weighted by Gasteiger charge is 2.16. The molecule has 0 unspecified atom stereocenters. The Morgan fingerprint density at radius 3 is 2.44 bits per heavy atom. The maximum absolute atomic E-state index is 12.2. The van der Waals surface area contributed by atoms with Gasteiger partial charge >= 0.3 is 0 Å². The van der Waals surface area contributed by atoms with Crippen LogP contribution in [-0.4, -0.2) is 60.8 Å². The molecule has 3 rings (SSSR count). The Labute approximate surface area is 152 Å². The van der Waals surface area contributed by atoms with Gasteiger partial charge in [0.2, 0.25) is 0 Å². The first-order valence-electron chi connectivity index (χ1n) is 8.42. The second kappa shape index (κ2) is 8.27. The molecule has 0 radical (unpaired) electrons. The predicted octanol–water partition coefficient (Wildman–Crippen LogP) is 1.85. The lowest BCUT2D eigenvalue weighted by Gasteiger charge is -2.32. The van der Waals surface area contributed by atoms with Crippen LogP contribution in [0.5, 0.6) is 0 Å². The summed E-state index contributed by atoms with van der Waals surface area (Å²) in [4.78, 5) is 16.6. The van der Waals surface area contributed by atoms with Crippen LogP contribution in [0.1, 0.15) is 16.1 Å². The first kappa shape index (κ1) is 17.6. The van der Waals surface area contributed by atoms with Gasteiger partial charge in [0.25, 0.3) is 5.91 Å². The van der Waals surface area contributed by atoms with Crippen LogP contribution in [-0.2, 0) is 6.42 Å². The van der Waals surface area contributed by atoms with E-state index >= 15 is 0 Å². The van der Waals surface area contributed by atoms with Gasteiger partial charge in [-0.05, 0) is 43.3 Å². The SMILES string of the molecule is CN1CCN(c2ccc(C(=O)NCCc3ccc(Cl)cc3)nn2)CC1. The normalized spacial score (nSPS) is 15.2. The third kappa shape index (κ3) is 4.90. The Bertz CT molecular complexity index is 696. The van der Waals surface area contributed by atoms with Gasteiger partial charge in [-0.15, -0.1) is 10.2 Å². The van der Waals surface area contributed by atoms with Crippen molar-refractivity contribution in [2.75, 3.05) is 44.7 Å². The fourth-order valence-corrected chi connectivity index (χ4v) is 2.84. The minimum absolute atomic E-state index is 0.202. The minimum Gasteiger partial charge on any atom is -0.353 e. The lowest BCUT2D eigenvalue weighted by molar-refractivity contribution is 0.0948. The Kier molecular flexibility index (Phi) is 5.83. The smallest absolute Gasteiger partial charge is 0.271 e. The van der Waals surface area contributed by atoms with Crippen LogP contribution in [0.15, 0.2) is 36.4 Å². The second-order valence-corrected chi connectivity index (χ2v) is 6.64. The molecule has 1 aromatic heterocycles. The van der Waals surface area contributed by atoms with Crippen molar-refractivity contribution < 1.29 is 4.79 Å². The highest BCUT2D eigenvalue weighted by atomic mass is 35.5. The Balaban J connectivity index is 1.49. The molecule has 1 aliphatic rings. The standard InChI is InChI=1S/C18H22ClN5O/c1-23-10-12-24(13-11-23)17-7-6-16(21-22-17)18(25)20-9-8-14-2-4-15(19)5-3-14/h2-7H,8-13H2,1H3,(H,20,25). The van der Waals surface area contributed by atoms with E-state index in [4.69, 9.17) is 11.6 Å². The first-order chi connectivity index (χ1) is 12.1. The Morgan fingerprint density at radius 2 is 1.80 bits per heavy atom. The summed E-state index contributed by atoms with van der Waals surface area (Å²) in [7, 11) is 2.11. The molecule has 132 valence electrons. The molecule has 1 saturated heterocycles. The van der Waals surface area contributed by atoms with Gasteiger partial charge < -0.3 is 15.1 Å². The fourth-order valence-electron chi connectivity index (χ4n) is 2.71. The summed E-state index contributed by atoms with van der Waals surface area (Å²) in [6.45, 7) is 4.42. The number of amides is 1. The van der Waals surface area contributed by atoms with Crippen molar-refractivity contribution in [3.05, 3.63) is 52.7 Å². The van der Waals surface area contributed by atoms with Crippen molar-refractivity contribution in [2.24, 2.45) is 0 Å². The lowest BCUT2D eigenvalue weighted by Crippen LogP contribution is -2.44. The van der Waals surface area contributed by atoms with E-state index in [1.807, 2.05) is 30.3 Å². The number of hydrogen-bond acceptors (Lipinski definition) is 5. The van der Waals surface area contributed by atoms with E-state index in [0.717, 1.165) is 44.0 Å². The number of nitrogens with zero attached hydrogens (tertiary/aromatic N) is 4. The van der Waals surface area contributed by atoms with E-state index in [9.17, 15) is 4.79 Å². The molecule has 25 heavy (non-hydrogen) atoms. The van der Waals surface area contributed by atoms with Crippen LogP contribution in [0, 0.1) is 0 Å². The van der Waals surface area contributed by atoms with Crippen molar-refractivity contribution in [2.45, 2.75) is 6.42 Å². The Hall–Kier alpha value is -2.18. The number of carbonyl (C=O) groups excluding carboxylic acids is 1. The number of aromatic nitrogens is 2. The summed E-state index contributed by atoms with van der Waals surface area (Å²) < 4.78 is 0. The molecule has 1 amide bonds. The van der Waals surface area contributed by atoms with Gasteiger partial charge in [-0.1, -0.05) is 23.7 Å². The predicted molar refractivity (Wildman–Crippen MR) is 99.2 cm³/mol. The molecule has 1 N–H and O–H groups in total. The molecular formula is C18H22ClN5O. The third-order valence-corrected chi connectivity index (χ3v) is 4.57. The monoisotopic (exact) mass is 359 g/mol. The summed E-state index contributed by atoms with van der Waals surface area (Å²) in [6, 6.07) is 11.2. The van der Waals surface area contributed by atoms with Crippen LogP contribution < -0.4 is 10.2 Å². The fraction of sp³-hybridized carbons (Fsp3) is 0.389. The van der Waals surface area contributed by atoms with Gasteiger partial charge in [0.05, 0.1) is 0 Å². The molecule has 2 heterocycles. The average Bonchev–Trinajstić information content (AvgIpc) is 2.64. The molecule has 1 aliphatic heterocycles. The molecule has 1 aromatic carbocycles. The molecule has 0 spiro atoms. The van der Waals surface area contributed by atoms with Crippen molar-refractivity contribution in [3.8, 4) is 0 Å². The zero-order valence-corrected chi connectivity index (χ0v) is 15.0. The topological polar surface area (TPSA) is 61.4 Å². The average molecular weight is 360 g/mol. The van der Waals surface area contributed by atoms with E-state index in [2.05, 4.69) is 32.4 Å². The Morgan fingerprint density at radius 1 is 1.08 bits per heavy atom. The number of benzene rings is 1. The molecule has 2 aromatic rings. The first-order valence-corrected chi connectivity index (χ1v) is 8.79. The number of likely N-dealkylation sites (N-methyl/N-ethyl adjacent to an activating group) is 1. The van der Waals surface area contributed by atoms with Crippen LogP contribution in [0.3, 0.4) is 0 Å².